The molecule has 0 fully saturated rings. The molecule has 2 aromatic carbocycles. The minimum Gasteiger partial charge on any atom is -0.457 e. The normalized spacial score (nSPS) is 11.3. The van der Waals surface area contributed by atoms with Crippen LogP contribution in [0, 0.1) is 6.92 Å². The van der Waals surface area contributed by atoms with Gasteiger partial charge in [-0.05, 0) is 38.1 Å². The van der Waals surface area contributed by atoms with Crippen molar-refractivity contribution in [1.82, 2.24) is 0 Å². The molecule has 0 aliphatic heterocycles. The van der Waals surface area contributed by atoms with E-state index in [4.69, 9.17) is 10.6 Å². The summed E-state index contributed by atoms with van der Waals surface area (Å²) in [6, 6.07) is 15.6. The first-order valence-corrected chi connectivity index (χ1v) is 5.79. The molecule has 2 aromatic rings. The maximum Gasteiger partial charge on any atom is 0.136 e. The number of hydrogen-bond acceptors (Lipinski definition) is 3. The quantitative estimate of drug-likeness (QED) is 0.507. The van der Waals surface area contributed by atoms with E-state index in [2.05, 4.69) is 5.10 Å². The summed E-state index contributed by atoms with van der Waals surface area (Å²) in [7, 11) is 0. The van der Waals surface area contributed by atoms with Crippen molar-refractivity contribution in [1.29, 1.82) is 0 Å². The average molecular weight is 240 g/mol. The zero-order chi connectivity index (χ0) is 13.0. The van der Waals surface area contributed by atoms with E-state index < -0.39 is 0 Å². The van der Waals surface area contributed by atoms with Gasteiger partial charge in [0.15, 0.2) is 0 Å². The summed E-state index contributed by atoms with van der Waals surface area (Å²) in [6.45, 7) is 3.90. The van der Waals surface area contributed by atoms with Gasteiger partial charge in [-0.25, -0.2) is 0 Å². The summed E-state index contributed by atoms with van der Waals surface area (Å²) in [5.74, 6) is 6.88. The van der Waals surface area contributed by atoms with Gasteiger partial charge in [0, 0.05) is 5.56 Å². The van der Waals surface area contributed by atoms with Crippen molar-refractivity contribution < 1.29 is 4.74 Å². The molecule has 0 aromatic heterocycles. The first-order valence-electron chi connectivity index (χ1n) is 5.79. The van der Waals surface area contributed by atoms with Crippen LogP contribution in [-0.2, 0) is 0 Å². The Morgan fingerprint density at radius 3 is 2.39 bits per heavy atom. The van der Waals surface area contributed by atoms with Gasteiger partial charge in [-0.3, -0.25) is 0 Å². The third kappa shape index (κ3) is 2.69. The van der Waals surface area contributed by atoms with Gasteiger partial charge in [0.2, 0.25) is 0 Å². The molecule has 0 radical (unpaired) electrons. The highest BCUT2D eigenvalue weighted by molar-refractivity contribution is 6.00. The molecule has 0 amide bonds. The van der Waals surface area contributed by atoms with Gasteiger partial charge in [0.25, 0.3) is 0 Å². The van der Waals surface area contributed by atoms with Crippen molar-refractivity contribution >= 4 is 5.71 Å². The summed E-state index contributed by atoms with van der Waals surface area (Å²) >= 11 is 0. The molecule has 0 heterocycles. The second-order valence-corrected chi connectivity index (χ2v) is 4.13. The van der Waals surface area contributed by atoms with Crippen LogP contribution in [-0.4, -0.2) is 5.71 Å². The molecule has 92 valence electrons. The van der Waals surface area contributed by atoms with Crippen LogP contribution >= 0.6 is 0 Å². The minimum absolute atomic E-state index is 0.748. The van der Waals surface area contributed by atoms with Crippen molar-refractivity contribution in [3.05, 3.63) is 59.7 Å². The Morgan fingerprint density at radius 2 is 1.72 bits per heavy atom. The van der Waals surface area contributed by atoms with Crippen molar-refractivity contribution in [2.24, 2.45) is 10.9 Å². The van der Waals surface area contributed by atoms with E-state index >= 15 is 0 Å². The summed E-state index contributed by atoms with van der Waals surface area (Å²) in [6.07, 6.45) is 0. The Hall–Kier alpha value is -2.29. The van der Waals surface area contributed by atoms with Crippen LogP contribution in [0.5, 0.6) is 11.5 Å². The number of nitrogens with zero attached hydrogens (tertiary/aromatic N) is 1. The summed E-state index contributed by atoms with van der Waals surface area (Å²) in [5.41, 5.74) is 2.86. The lowest BCUT2D eigenvalue weighted by Crippen LogP contribution is -2.01. The summed E-state index contributed by atoms with van der Waals surface area (Å²) in [4.78, 5) is 0. The van der Waals surface area contributed by atoms with Crippen LogP contribution in [0.2, 0.25) is 0 Å². The Kier molecular flexibility index (Phi) is 3.63. The molecule has 0 saturated carbocycles. The van der Waals surface area contributed by atoms with Crippen LogP contribution in [0.15, 0.2) is 53.6 Å². The summed E-state index contributed by atoms with van der Waals surface area (Å²) in [5, 5.41) is 3.71. The fourth-order valence-electron chi connectivity index (χ4n) is 1.66. The third-order valence-corrected chi connectivity index (χ3v) is 2.72. The number of para-hydroxylation sites is 1. The van der Waals surface area contributed by atoms with Gasteiger partial charge in [-0.15, -0.1) is 0 Å². The SMILES string of the molecule is C/C(=N\N)c1ccccc1Oc1ccc(C)cc1. The van der Waals surface area contributed by atoms with E-state index in [1.54, 1.807) is 0 Å². The lowest BCUT2D eigenvalue weighted by Gasteiger charge is -2.10. The molecule has 0 saturated heterocycles. The van der Waals surface area contributed by atoms with Crippen molar-refractivity contribution in [3.8, 4) is 11.5 Å². The van der Waals surface area contributed by atoms with Gasteiger partial charge in [0.05, 0.1) is 5.71 Å². The maximum absolute atomic E-state index is 5.85. The number of benzene rings is 2. The predicted octanol–water partition coefficient (Wildman–Crippen LogP) is 3.47. The monoisotopic (exact) mass is 240 g/mol. The van der Waals surface area contributed by atoms with Crippen molar-refractivity contribution in [2.45, 2.75) is 13.8 Å². The van der Waals surface area contributed by atoms with Gasteiger partial charge >= 0.3 is 0 Å². The predicted molar refractivity (Wildman–Crippen MR) is 74.1 cm³/mol. The Labute approximate surface area is 107 Å². The molecule has 3 heteroatoms. The first kappa shape index (κ1) is 12.2. The number of nitrogens with two attached hydrogens (primary N) is 1. The highest BCUT2D eigenvalue weighted by Gasteiger charge is 2.06. The molecule has 18 heavy (non-hydrogen) atoms. The van der Waals surface area contributed by atoms with Gasteiger partial charge < -0.3 is 10.6 Å². The van der Waals surface area contributed by atoms with Gasteiger partial charge in [-0.2, -0.15) is 5.10 Å². The highest BCUT2D eigenvalue weighted by atomic mass is 16.5. The van der Waals surface area contributed by atoms with E-state index in [9.17, 15) is 0 Å². The van der Waals surface area contributed by atoms with Crippen LogP contribution < -0.4 is 10.6 Å². The maximum atomic E-state index is 5.85. The van der Waals surface area contributed by atoms with E-state index in [0.29, 0.717) is 0 Å². The Morgan fingerprint density at radius 1 is 1.06 bits per heavy atom. The van der Waals surface area contributed by atoms with E-state index in [0.717, 1.165) is 22.8 Å². The van der Waals surface area contributed by atoms with Crippen LogP contribution in [0.1, 0.15) is 18.1 Å². The molecule has 0 unspecified atom stereocenters. The molecular formula is C15H16N2O. The first-order chi connectivity index (χ1) is 8.70. The zero-order valence-electron chi connectivity index (χ0n) is 10.6. The Balaban J connectivity index is 2.32. The lowest BCUT2D eigenvalue weighted by molar-refractivity contribution is 0.481. The Bertz CT molecular complexity index is 559. The lowest BCUT2D eigenvalue weighted by atomic mass is 10.1. The van der Waals surface area contributed by atoms with Crippen LogP contribution in [0.25, 0.3) is 0 Å². The largest absolute Gasteiger partial charge is 0.457 e. The molecule has 2 rings (SSSR count). The molecule has 0 spiro atoms. The fourth-order valence-corrected chi connectivity index (χ4v) is 1.66. The fraction of sp³-hybridized carbons (Fsp3) is 0.133. The van der Waals surface area contributed by atoms with Crippen LogP contribution in [0.3, 0.4) is 0 Å². The second-order valence-electron chi connectivity index (χ2n) is 4.13. The van der Waals surface area contributed by atoms with Crippen LogP contribution in [0.4, 0.5) is 0 Å². The molecule has 3 nitrogen and oxygen atoms in total. The highest BCUT2D eigenvalue weighted by Crippen LogP contribution is 2.25. The topological polar surface area (TPSA) is 47.6 Å². The summed E-state index contributed by atoms with van der Waals surface area (Å²) < 4.78 is 5.85. The van der Waals surface area contributed by atoms with Crippen molar-refractivity contribution in [2.75, 3.05) is 0 Å². The van der Waals surface area contributed by atoms with E-state index in [1.807, 2.05) is 62.4 Å². The van der Waals surface area contributed by atoms with Crippen molar-refractivity contribution in [3.63, 3.8) is 0 Å². The molecule has 0 atom stereocenters. The molecule has 2 N–H and O–H groups in total. The zero-order valence-corrected chi connectivity index (χ0v) is 10.6. The number of aryl methyl sites for hydroxylation is 1. The molecular weight excluding hydrogens is 224 g/mol. The smallest absolute Gasteiger partial charge is 0.136 e. The number of hydrazone groups is 1. The van der Waals surface area contributed by atoms with Gasteiger partial charge in [-0.1, -0.05) is 29.8 Å². The van der Waals surface area contributed by atoms with E-state index in [1.165, 1.54) is 5.56 Å². The third-order valence-electron chi connectivity index (χ3n) is 2.72. The number of hydrogen-bond donors (Lipinski definition) is 1. The average Bonchev–Trinajstić information content (AvgIpc) is 2.41. The second kappa shape index (κ2) is 5.36. The minimum atomic E-state index is 0.748. The van der Waals surface area contributed by atoms with E-state index in [-0.39, 0.29) is 0 Å². The van der Waals surface area contributed by atoms with Gasteiger partial charge in [0.1, 0.15) is 11.5 Å². The molecule has 0 aliphatic rings. The molecule has 0 aliphatic carbocycles. The molecule has 0 bridgehead atoms. The number of ether oxygens (including phenoxy) is 1. The number of rotatable bonds is 3. The standard InChI is InChI=1S/C15H16N2O/c1-11-7-9-13(10-8-11)18-15-6-4-3-5-14(15)12(2)17-16/h3-10H,16H2,1-2H3/b17-12+.